The van der Waals surface area contributed by atoms with Crippen LogP contribution in [0.5, 0.6) is 0 Å². The molecule has 0 saturated carbocycles. The van der Waals surface area contributed by atoms with Gasteiger partial charge in [0.1, 0.15) is 0 Å². The van der Waals surface area contributed by atoms with Gasteiger partial charge in [0.2, 0.25) is 0 Å². The number of hydrogen-bond donors (Lipinski definition) is 1. The van der Waals surface area contributed by atoms with Crippen LogP contribution in [0.3, 0.4) is 0 Å². The van der Waals surface area contributed by atoms with Crippen LogP contribution in [-0.4, -0.2) is 24.8 Å². The fourth-order valence-corrected chi connectivity index (χ4v) is 2.17. The predicted molar refractivity (Wildman–Crippen MR) is 97.1 cm³/mol. The van der Waals surface area contributed by atoms with E-state index in [1.54, 1.807) is 6.34 Å². The normalized spacial score (nSPS) is 11.0. The van der Waals surface area contributed by atoms with E-state index >= 15 is 0 Å². The van der Waals surface area contributed by atoms with E-state index in [1.807, 2.05) is 43.1 Å². The number of benzene rings is 2. The first-order valence-corrected chi connectivity index (χ1v) is 7.75. The van der Waals surface area contributed by atoms with Crippen molar-refractivity contribution >= 4 is 35.0 Å². The van der Waals surface area contributed by atoms with Crippen molar-refractivity contribution in [3.05, 3.63) is 52.5 Å². The minimum Gasteiger partial charge on any atom is -0.366 e. The van der Waals surface area contributed by atoms with Crippen LogP contribution in [0.15, 0.2) is 41.4 Å². The molecule has 0 saturated heterocycles. The summed E-state index contributed by atoms with van der Waals surface area (Å²) in [6, 6.07) is 12.2. The molecule has 0 aliphatic carbocycles. The molecule has 116 valence electrons. The van der Waals surface area contributed by atoms with Crippen molar-refractivity contribution in [2.45, 2.75) is 20.8 Å². The van der Waals surface area contributed by atoms with Crippen molar-refractivity contribution in [3.63, 3.8) is 0 Å². The van der Waals surface area contributed by atoms with E-state index < -0.39 is 0 Å². The molecule has 2 aromatic rings. The first-order valence-electron chi connectivity index (χ1n) is 7.38. The van der Waals surface area contributed by atoms with Crippen molar-refractivity contribution < 1.29 is 0 Å². The van der Waals surface area contributed by atoms with Gasteiger partial charge in [-0.15, -0.1) is 0 Å². The quantitative estimate of drug-likeness (QED) is 0.598. The van der Waals surface area contributed by atoms with Crippen molar-refractivity contribution in [2.75, 3.05) is 18.9 Å². The number of aryl methyl sites for hydroxylation is 2. The van der Waals surface area contributed by atoms with E-state index in [0.29, 0.717) is 5.02 Å². The Morgan fingerprint density at radius 1 is 1.14 bits per heavy atom. The van der Waals surface area contributed by atoms with Crippen molar-refractivity contribution in [3.8, 4) is 0 Å². The number of halogens is 1. The number of aliphatic imine (C=N–C) groups is 1. The van der Waals surface area contributed by atoms with Gasteiger partial charge in [-0.25, -0.2) is 4.99 Å². The van der Waals surface area contributed by atoms with E-state index in [2.05, 4.69) is 36.3 Å². The number of anilines is 2. The molecule has 1 N–H and O–H groups in total. The summed E-state index contributed by atoms with van der Waals surface area (Å²) in [5.74, 6) is 0. The summed E-state index contributed by atoms with van der Waals surface area (Å²) in [6.07, 6.45) is 1.80. The highest BCUT2D eigenvalue weighted by atomic mass is 35.5. The molecule has 0 aliphatic rings. The highest BCUT2D eigenvalue weighted by molar-refractivity contribution is 6.36. The Balaban J connectivity index is 2.30. The second kappa shape index (κ2) is 7.32. The second-order valence-corrected chi connectivity index (χ2v) is 5.83. The van der Waals surface area contributed by atoms with Gasteiger partial charge < -0.3 is 10.2 Å². The van der Waals surface area contributed by atoms with Crippen molar-refractivity contribution in [2.24, 2.45) is 4.99 Å². The van der Waals surface area contributed by atoms with Gasteiger partial charge in [-0.2, -0.15) is 0 Å². The Hall–Kier alpha value is -2.00. The summed E-state index contributed by atoms with van der Waals surface area (Å²) in [5.41, 5.74) is 5.01. The monoisotopic (exact) mass is 315 g/mol. The number of rotatable bonds is 5. The molecule has 0 unspecified atom stereocenters. The molecule has 0 heterocycles. The summed E-state index contributed by atoms with van der Waals surface area (Å²) in [6.45, 7) is 7.09. The lowest BCUT2D eigenvalue weighted by Crippen LogP contribution is -2.14. The highest BCUT2D eigenvalue weighted by Crippen LogP contribution is 2.35. The summed E-state index contributed by atoms with van der Waals surface area (Å²) >= 11 is 6.49. The van der Waals surface area contributed by atoms with Gasteiger partial charge in [0.05, 0.1) is 22.7 Å². The van der Waals surface area contributed by atoms with Crippen LogP contribution in [0.25, 0.3) is 0 Å². The molecule has 3 nitrogen and oxygen atoms in total. The molecule has 0 amide bonds. The minimum atomic E-state index is 0.631. The minimum absolute atomic E-state index is 0.631. The maximum Gasteiger partial charge on any atom is 0.0910 e. The highest BCUT2D eigenvalue weighted by Gasteiger charge is 2.07. The van der Waals surface area contributed by atoms with Crippen LogP contribution >= 0.6 is 11.6 Å². The van der Waals surface area contributed by atoms with Gasteiger partial charge in [0.25, 0.3) is 0 Å². The molecule has 2 aromatic carbocycles. The molecular formula is C18H22ClN3. The lowest BCUT2D eigenvalue weighted by Gasteiger charge is -2.13. The lowest BCUT2D eigenvalue weighted by molar-refractivity contribution is 0.552. The molecular weight excluding hydrogens is 294 g/mol. The molecule has 22 heavy (non-hydrogen) atoms. The SMILES string of the molecule is CCN(C)/C=N\c1cc(C)cc(Nc2ccc(C)cc2)c1Cl. The molecule has 0 aliphatic heterocycles. The zero-order chi connectivity index (χ0) is 16.1. The van der Waals surface area contributed by atoms with Gasteiger partial charge in [0, 0.05) is 19.3 Å². The summed E-state index contributed by atoms with van der Waals surface area (Å²) < 4.78 is 0. The predicted octanol–water partition coefficient (Wildman–Crippen LogP) is 5.31. The van der Waals surface area contributed by atoms with Gasteiger partial charge in [0.15, 0.2) is 0 Å². The summed E-state index contributed by atoms with van der Waals surface area (Å²) in [5, 5.41) is 3.99. The molecule has 0 fully saturated rings. The standard InChI is InChI=1S/C18H22ClN3/c1-5-22(4)12-20-16-10-14(3)11-17(18(16)19)21-15-8-6-13(2)7-9-15/h6-12,21H,5H2,1-4H3/b20-12-. The molecule has 2 rings (SSSR count). The van der Waals surface area contributed by atoms with Crippen LogP contribution in [0, 0.1) is 13.8 Å². The van der Waals surface area contributed by atoms with Crippen LogP contribution < -0.4 is 5.32 Å². The number of hydrogen-bond acceptors (Lipinski definition) is 2. The molecule has 0 atom stereocenters. The Morgan fingerprint density at radius 2 is 1.82 bits per heavy atom. The molecule has 0 radical (unpaired) electrons. The van der Waals surface area contributed by atoms with Crippen LogP contribution in [0.1, 0.15) is 18.1 Å². The maximum atomic E-state index is 6.49. The lowest BCUT2D eigenvalue weighted by atomic mass is 10.1. The Kier molecular flexibility index (Phi) is 5.45. The molecule has 0 spiro atoms. The molecule has 0 bridgehead atoms. The first kappa shape index (κ1) is 16.4. The smallest absolute Gasteiger partial charge is 0.0910 e. The third-order valence-corrected chi connectivity index (χ3v) is 3.82. The topological polar surface area (TPSA) is 27.6 Å². The fraction of sp³-hybridized carbons (Fsp3) is 0.278. The van der Waals surface area contributed by atoms with E-state index in [1.165, 1.54) is 5.56 Å². The molecule has 4 heteroatoms. The Bertz CT molecular complexity index is 663. The third-order valence-electron chi connectivity index (χ3n) is 3.42. The third kappa shape index (κ3) is 4.25. The Morgan fingerprint density at radius 3 is 2.45 bits per heavy atom. The number of nitrogens with zero attached hydrogens (tertiary/aromatic N) is 2. The second-order valence-electron chi connectivity index (χ2n) is 5.45. The summed E-state index contributed by atoms with van der Waals surface area (Å²) in [7, 11) is 1.98. The van der Waals surface area contributed by atoms with Crippen LogP contribution in [-0.2, 0) is 0 Å². The Labute approximate surface area is 137 Å². The average molecular weight is 316 g/mol. The van der Waals surface area contributed by atoms with Gasteiger partial charge in [-0.1, -0.05) is 29.3 Å². The van der Waals surface area contributed by atoms with Gasteiger partial charge in [-0.05, 0) is 50.6 Å². The van der Waals surface area contributed by atoms with Crippen LogP contribution in [0.2, 0.25) is 5.02 Å². The van der Waals surface area contributed by atoms with E-state index in [0.717, 1.165) is 29.2 Å². The number of nitrogens with one attached hydrogen (secondary N) is 1. The van der Waals surface area contributed by atoms with Gasteiger partial charge in [-0.3, -0.25) is 0 Å². The van der Waals surface area contributed by atoms with E-state index in [9.17, 15) is 0 Å². The van der Waals surface area contributed by atoms with Crippen LogP contribution in [0.4, 0.5) is 17.1 Å². The maximum absolute atomic E-state index is 6.49. The zero-order valence-corrected chi connectivity index (χ0v) is 14.3. The zero-order valence-electron chi connectivity index (χ0n) is 13.5. The first-order chi connectivity index (χ1) is 10.5. The van der Waals surface area contributed by atoms with Gasteiger partial charge >= 0.3 is 0 Å². The van der Waals surface area contributed by atoms with E-state index in [4.69, 9.17) is 11.6 Å². The van der Waals surface area contributed by atoms with E-state index in [-0.39, 0.29) is 0 Å². The largest absolute Gasteiger partial charge is 0.366 e. The average Bonchev–Trinajstić information content (AvgIpc) is 2.50. The molecule has 0 aromatic heterocycles. The summed E-state index contributed by atoms with van der Waals surface area (Å²) in [4.78, 5) is 6.49. The van der Waals surface area contributed by atoms with Crippen molar-refractivity contribution in [1.82, 2.24) is 4.90 Å². The van der Waals surface area contributed by atoms with Crippen molar-refractivity contribution in [1.29, 1.82) is 0 Å². The fourth-order valence-electron chi connectivity index (χ4n) is 1.97.